The Labute approximate surface area is 129 Å². The lowest BCUT2D eigenvalue weighted by Crippen LogP contribution is -2.39. The van der Waals surface area contributed by atoms with E-state index >= 15 is 0 Å². The van der Waals surface area contributed by atoms with Gasteiger partial charge in [0.15, 0.2) is 0 Å². The lowest BCUT2D eigenvalue weighted by atomic mass is 9.93. The third-order valence-electron chi connectivity index (χ3n) is 2.67. The maximum Gasteiger partial charge on any atom is 0.254 e. The molecule has 1 amide bonds. The molecule has 6 nitrogen and oxygen atoms in total. The zero-order valence-corrected chi connectivity index (χ0v) is 14.1. The summed E-state index contributed by atoms with van der Waals surface area (Å²) < 4.78 is 22.3. The predicted molar refractivity (Wildman–Crippen MR) is 82.7 cm³/mol. The van der Waals surface area contributed by atoms with Crippen LogP contribution in [0.4, 0.5) is 0 Å². The topological polar surface area (TPSA) is 106 Å². The number of thiophene rings is 1. The highest BCUT2D eigenvalue weighted by Gasteiger charge is 2.23. The van der Waals surface area contributed by atoms with Crippen molar-refractivity contribution in [3.63, 3.8) is 0 Å². The fourth-order valence-electron chi connectivity index (χ4n) is 1.58. The summed E-state index contributed by atoms with van der Waals surface area (Å²) in [6, 6.07) is 1.30. The lowest BCUT2D eigenvalue weighted by molar-refractivity contribution is 0.0741. The standard InChI is InChI=1S/C11H19N3O3S2.ClH/c1-11(2,6-12)7-14(3)10(15)8-4-9(18-5-8)19(13,16)17;/h4-5H,6-7,12H2,1-3H3,(H2,13,16,17);1H. The number of hydrogen-bond donors (Lipinski definition) is 2. The minimum Gasteiger partial charge on any atom is -0.341 e. The number of rotatable bonds is 5. The van der Waals surface area contributed by atoms with Crippen molar-refractivity contribution in [2.24, 2.45) is 16.3 Å². The van der Waals surface area contributed by atoms with Crippen LogP contribution in [0.15, 0.2) is 15.7 Å². The zero-order chi connectivity index (χ0) is 14.8. The lowest BCUT2D eigenvalue weighted by Gasteiger charge is -2.28. The van der Waals surface area contributed by atoms with Gasteiger partial charge in [0.2, 0.25) is 10.0 Å². The van der Waals surface area contributed by atoms with Crippen LogP contribution in [0.25, 0.3) is 0 Å². The minimum atomic E-state index is -3.75. The molecule has 9 heteroatoms. The number of halogens is 1. The van der Waals surface area contributed by atoms with Crippen molar-refractivity contribution in [2.45, 2.75) is 18.1 Å². The average molecular weight is 342 g/mol. The number of amides is 1. The van der Waals surface area contributed by atoms with Crippen molar-refractivity contribution < 1.29 is 13.2 Å². The average Bonchev–Trinajstić information content (AvgIpc) is 2.76. The van der Waals surface area contributed by atoms with E-state index in [0.717, 1.165) is 11.3 Å². The summed E-state index contributed by atoms with van der Waals surface area (Å²) in [7, 11) is -2.09. The smallest absolute Gasteiger partial charge is 0.254 e. The molecule has 0 unspecified atom stereocenters. The van der Waals surface area contributed by atoms with E-state index in [1.54, 1.807) is 7.05 Å². The van der Waals surface area contributed by atoms with Gasteiger partial charge in [-0.1, -0.05) is 13.8 Å². The molecule has 0 aliphatic rings. The van der Waals surface area contributed by atoms with Gasteiger partial charge in [0.25, 0.3) is 5.91 Å². The maximum absolute atomic E-state index is 12.1. The van der Waals surface area contributed by atoms with E-state index in [9.17, 15) is 13.2 Å². The third kappa shape index (κ3) is 5.02. The normalized spacial score (nSPS) is 11.8. The van der Waals surface area contributed by atoms with Crippen LogP contribution in [0.1, 0.15) is 24.2 Å². The van der Waals surface area contributed by atoms with Gasteiger partial charge in [-0.3, -0.25) is 4.79 Å². The van der Waals surface area contributed by atoms with Gasteiger partial charge in [-0.15, -0.1) is 23.7 Å². The molecule has 0 radical (unpaired) electrons. The molecule has 0 aliphatic carbocycles. The molecule has 4 N–H and O–H groups in total. The summed E-state index contributed by atoms with van der Waals surface area (Å²) in [5.74, 6) is -0.243. The van der Waals surface area contributed by atoms with Crippen LogP contribution < -0.4 is 10.9 Å². The third-order valence-corrected chi connectivity index (χ3v) is 5.05. The number of nitrogens with two attached hydrogens (primary N) is 2. The van der Waals surface area contributed by atoms with Gasteiger partial charge in [0, 0.05) is 19.0 Å². The predicted octanol–water partition coefficient (Wildman–Crippen LogP) is 0.874. The molecule has 116 valence electrons. The highest BCUT2D eigenvalue weighted by Crippen LogP contribution is 2.21. The van der Waals surface area contributed by atoms with Crippen molar-refractivity contribution >= 4 is 39.7 Å². The first kappa shape index (κ1) is 19.3. The van der Waals surface area contributed by atoms with Gasteiger partial charge in [-0.25, -0.2) is 13.6 Å². The van der Waals surface area contributed by atoms with Crippen molar-refractivity contribution in [1.29, 1.82) is 0 Å². The van der Waals surface area contributed by atoms with Crippen LogP contribution in [-0.4, -0.2) is 39.4 Å². The van der Waals surface area contributed by atoms with E-state index in [4.69, 9.17) is 10.9 Å². The number of carbonyl (C=O) groups excluding carboxylic acids is 1. The monoisotopic (exact) mass is 341 g/mol. The van der Waals surface area contributed by atoms with Crippen molar-refractivity contribution in [3.8, 4) is 0 Å². The first-order valence-electron chi connectivity index (χ1n) is 5.64. The van der Waals surface area contributed by atoms with Gasteiger partial charge in [-0.05, 0) is 18.0 Å². The molecule has 0 atom stereocenters. The molecule has 1 rings (SSSR count). The summed E-state index contributed by atoms with van der Waals surface area (Å²) in [6.07, 6.45) is 0. The fourth-order valence-corrected chi connectivity index (χ4v) is 3.16. The highest BCUT2D eigenvalue weighted by molar-refractivity contribution is 7.91. The second kappa shape index (κ2) is 6.86. The molecule has 0 saturated carbocycles. The summed E-state index contributed by atoms with van der Waals surface area (Å²) >= 11 is 0.941. The molecule has 0 fully saturated rings. The van der Waals surface area contributed by atoms with Gasteiger partial charge >= 0.3 is 0 Å². The Morgan fingerprint density at radius 1 is 1.45 bits per heavy atom. The molecular weight excluding hydrogens is 322 g/mol. The fraction of sp³-hybridized carbons (Fsp3) is 0.545. The van der Waals surface area contributed by atoms with E-state index in [0.29, 0.717) is 18.7 Å². The number of carbonyl (C=O) groups is 1. The van der Waals surface area contributed by atoms with Crippen LogP contribution in [0.5, 0.6) is 0 Å². The number of primary sulfonamides is 1. The van der Waals surface area contributed by atoms with E-state index in [2.05, 4.69) is 0 Å². The SMILES string of the molecule is CN(CC(C)(C)CN)C(=O)c1csc(S(N)(=O)=O)c1.Cl. The van der Waals surface area contributed by atoms with Crippen molar-refractivity contribution in [1.82, 2.24) is 4.90 Å². The van der Waals surface area contributed by atoms with Crippen LogP contribution in [-0.2, 0) is 10.0 Å². The molecule has 0 spiro atoms. The molecule has 20 heavy (non-hydrogen) atoms. The largest absolute Gasteiger partial charge is 0.341 e. The Morgan fingerprint density at radius 2 is 2.00 bits per heavy atom. The Hall–Kier alpha value is -0.670. The molecule has 0 saturated heterocycles. The van der Waals surface area contributed by atoms with Gasteiger partial charge in [0.05, 0.1) is 5.56 Å². The van der Waals surface area contributed by atoms with E-state index in [1.807, 2.05) is 13.8 Å². The van der Waals surface area contributed by atoms with Crippen molar-refractivity contribution in [2.75, 3.05) is 20.1 Å². The molecule has 0 aliphatic heterocycles. The van der Waals surface area contributed by atoms with Gasteiger partial charge < -0.3 is 10.6 Å². The second-order valence-corrected chi connectivity index (χ2v) is 7.93. The minimum absolute atomic E-state index is 0. The molecule has 0 bridgehead atoms. The van der Waals surface area contributed by atoms with E-state index in [-0.39, 0.29) is 27.9 Å². The molecule has 0 aromatic carbocycles. The summed E-state index contributed by atoms with van der Waals surface area (Å²) in [5.41, 5.74) is 5.76. The number of hydrogen-bond acceptors (Lipinski definition) is 5. The highest BCUT2D eigenvalue weighted by atomic mass is 35.5. The molecule has 1 aromatic rings. The second-order valence-electron chi connectivity index (χ2n) is 5.23. The van der Waals surface area contributed by atoms with Crippen LogP contribution in [0.2, 0.25) is 0 Å². The summed E-state index contributed by atoms with van der Waals surface area (Å²) in [5, 5.41) is 6.50. The van der Waals surface area contributed by atoms with Crippen LogP contribution in [0, 0.1) is 5.41 Å². The van der Waals surface area contributed by atoms with E-state index < -0.39 is 10.0 Å². The number of sulfonamides is 1. The van der Waals surface area contributed by atoms with Crippen molar-refractivity contribution in [3.05, 3.63) is 17.0 Å². The Morgan fingerprint density at radius 3 is 2.40 bits per heavy atom. The Bertz CT molecular complexity index is 569. The Balaban J connectivity index is 0.00000361. The van der Waals surface area contributed by atoms with E-state index in [1.165, 1.54) is 16.3 Å². The Kier molecular flexibility index (Phi) is 6.63. The van der Waals surface area contributed by atoms with Gasteiger partial charge in [0.1, 0.15) is 4.21 Å². The molecular formula is C11H20ClN3O3S2. The van der Waals surface area contributed by atoms with Gasteiger partial charge in [-0.2, -0.15) is 0 Å². The molecule has 1 aromatic heterocycles. The maximum atomic E-state index is 12.1. The van der Waals surface area contributed by atoms with Crippen LogP contribution in [0.3, 0.4) is 0 Å². The first-order valence-corrected chi connectivity index (χ1v) is 8.06. The quantitative estimate of drug-likeness (QED) is 0.828. The summed E-state index contributed by atoms with van der Waals surface area (Å²) in [4.78, 5) is 13.7. The first-order chi connectivity index (χ1) is 8.57. The molecule has 1 heterocycles. The zero-order valence-electron chi connectivity index (χ0n) is 11.6. The summed E-state index contributed by atoms with van der Waals surface area (Å²) in [6.45, 7) is 4.86. The number of nitrogens with zero attached hydrogens (tertiary/aromatic N) is 1. The van der Waals surface area contributed by atoms with Crippen LogP contribution >= 0.6 is 23.7 Å².